The number of hydrogen-bond acceptors (Lipinski definition) is 6. The molecular formula is C22H22ClF3N4O2. The maximum atomic E-state index is 12.6. The number of aromatic nitrogens is 2. The summed E-state index contributed by atoms with van der Waals surface area (Å²) in [5, 5.41) is 16.4. The van der Waals surface area contributed by atoms with E-state index >= 15 is 0 Å². The molecule has 0 radical (unpaired) electrons. The van der Waals surface area contributed by atoms with Gasteiger partial charge in [-0.05, 0) is 42.3 Å². The highest BCUT2D eigenvalue weighted by atomic mass is 35.5. The van der Waals surface area contributed by atoms with Crippen molar-refractivity contribution in [2.75, 3.05) is 17.2 Å². The molecule has 3 aromatic rings. The van der Waals surface area contributed by atoms with Crippen molar-refractivity contribution in [1.82, 2.24) is 9.97 Å². The molecule has 0 fully saturated rings. The van der Waals surface area contributed by atoms with Crippen LogP contribution in [0, 0.1) is 5.92 Å². The SMILES string of the molecule is CC(C)[C@H](CO)Nc1nc(Nc2ccc(Cl)cc2)cc(-c2cccc(OC(F)(F)F)c2)n1. The summed E-state index contributed by atoms with van der Waals surface area (Å²) >= 11 is 5.93. The Kier molecular flexibility index (Phi) is 7.42. The number of halogens is 4. The number of alkyl halides is 3. The van der Waals surface area contributed by atoms with E-state index < -0.39 is 6.36 Å². The van der Waals surface area contributed by atoms with Crippen LogP contribution in [0.5, 0.6) is 5.75 Å². The second kappa shape index (κ2) is 10.1. The van der Waals surface area contributed by atoms with Crippen molar-refractivity contribution in [3.8, 4) is 17.0 Å². The molecule has 0 unspecified atom stereocenters. The van der Waals surface area contributed by atoms with Gasteiger partial charge in [-0.15, -0.1) is 13.2 Å². The van der Waals surface area contributed by atoms with Crippen LogP contribution in [0.2, 0.25) is 5.02 Å². The van der Waals surface area contributed by atoms with E-state index in [1.807, 2.05) is 13.8 Å². The molecular weight excluding hydrogens is 445 g/mol. The maximum absolute atomic E-state index is 12.6. The van der Waals surface area contributed by atoms with Gasteiger partial charge in [-0.1, -0.05) is 37.6 Å². The number of aliphatic hydroxyl groups excluding tert-OH is 1. The highest BCUT2D eigenvalue weighted by molar-refractivity contribution is 6.30. The third kappa shape index (κ3) is 6.73. The Balaban J connectivity index is 1.99. The topological polar surface area (TPSA) is 79.3 Å². The van der Waals surface area contributed by atoms with Crippen molar-refractivity contribution in [3.05, 3.63) is 59.6 Å². The van der Waals surface area contributed by atoms with Crippen LogP contribution < -0.4 is 15.4 Å². The Morgan fingerprint density at radius 1 is 1.06 bits per heavy atom. The molecule has 1 aromatic heterocycles. The van der Waals surface area contributed by atoms with Crippen LogP contribution >= 0.6 is 11.6 Å². The summed E-state index contributed by atoms with van der Waals surface area (Å²) in [6, 6.07) is 13.8. The van der Waals surface area contributed by atoms with E-state index in [4.69, 9.17) is 11.6 Å². The predicted octanol–water partition coefficient (Wildman–Crippen LogP) is 5.87. The lowest BCUT2D eigenvalue weighted by molar-refractivity contribution is -0.274. The molecule has 0 saturated carbocycles. The van der Waals surface area contributed by atoms with E-state index in [2.05, 4.69) is 25.3 Å². The van der Waals surface area contributed by atoms with Crippen molar-refractivity contribution in [2.24, 2.45) is 5.92 Å². The first kappa shape index (κ1) is 23.6. The normalized spacial score (nSPS) is 12.5. The molecule has 10 heteroatoms. The minimum atomic E-state index is -4.80. The first-order valence-corrected chi connectivity index (χ1v) is 10.2. The molecule has 0 saturated heterocycles. The molecule has 3 N–H and O–H groups in total. The Bertz CT molecular complexity index is 1050. The average molecular weight is 467 g/mol. The Hall–Kier alpha value is -3.04. The van der Waals surface area contributed by atoms with Gasteiger partial charge in [0.25, 0.3) is 0 Å². The van der Waals surface area contributed by atoms with Gasteiger partial charge in [0, 0.05) is 22.3 Å². The van der Waals surface area contributed by atoms with Gasteiger partial charge in [0.2, 0.25) is 5.95 Å². The van der Waals surface area contributed by atoms with Crippen LogP contribution in [0.25, 0.3) is 11.3 Å². The van der Waals surface area contributed by atoms with E-state index in [1.54, 1.807) is 36.4 Å². The fourth-order valence-corrected chi connectivity index (χ4v) is 2.97. The van der Waals surface area contributed by atoms with Gasteiger partial charge in [0.05, 0.1) is 18.3 Å². The third-order valence-electron chi connectivity index (χ3n) is 4.52. The highest BCUT2D eigenvalue weighted by Gasteiger charge is 2.31. The average Bonchev–Trinajstić information content (AvgIpc) is 2.72. The van der Waals surface area contributed by atoms with E-state index in [0.29, 0.717) is 27.8 Å². The molecule has 0 spiro atoms. The third-order valence-corrected chi connectivity index (χ3v) is 4.77. The van der Waals surface area contributed by atoms with E-state index in [1.165, 1.54) is 18.2 Å². The smallest absolute Gasteiger partial charge is 0.406 e. The summed E-state index contributed by atoms with van der Waals surface area (Å²) in [6.07, 6.45) is -4.80. The summed E-state index contributed by atoms with van der Waals surface area (Å²) in [5.74, 6) is 0.352. The summed E-state index contributed by atoms with van der Waals surface area (Å²) in [5.41, 5.74) is 1.48. The molecule has 1 heterocycles. The number of ether oxygens (including phenoxy) is 1. The molecule has 0 aliphatic rings. The van der Waals surface area contributed by atoms with Crippen LogP contribution in [0.4, 0.5) is 30.6 Å². The molecule has 170 valence electrons. The first-order chi connectivity index (χ1) is 15.1. The molecule has 0 aliphatic heterocycles. The van der Waals surface area contributed by atoms with Gasteiger partial charge in [-0.3, -0.25) is 0 Å². The quantitative estimate of drug-likeness (QED) is 0.385. The van der Waals surface area contributed by atoms with Gasteiger partial charge >= 0.3 is 6.36 Å². The lowest BCUT2D eigenvalue weighted by atomic mass is 10.1. The van der Waals surface area contributed by atoms with E-state index in [9.17, 15) is 18.3 Å². The molecule has 0 bridgehead atoms. The number of aliphatic hydroxyl groups is 1. The molecule has 3 rings (SSSR count). The van der Waals surface area contributed by atoms with Crippen LogP contribution in [-0.2, 0) is 0 Å². The van der Waals surface area contributed by atoms with Crippen molar-refractivity contribution < 1.29 is 23.0 Å². The van der Waals surface area contributed by atoms with Crippen molar-refractivity contribution in [2.45, 2.75) is 26.3 Å². The molecule has 1 atom stereocenters. The van der Waals surface area contributed by atoms with Crippen molar-refractivity contribution >= 4 is 29.1 Å². The number of hydrogen-bond donors (Lipinski definition) is 3. The Morgan fingerprint density at radius 3 is 2.41 bits per heavy atom. The van der Waals surface area contributed by atoms with Gasteiger partial charge in [0.1, 0.15) is 11.6 Å². The fourth-order valence-electron chi connectivity index (χ4n) is 2.85. The summed E-state index contributed by atoms with van der Waals surface area (Å²) in [6.45, 7) is 3.73. The minimum Gasteiger partial charge on any atom is -0.406 e. The Labute approximate surface area is 188 Å². The zero-order valence-electron chi connectivity index (χ0n) is 17.3. The van der Waals surface area contributed by atoms with Crippen molar-refractivity contribution in [3.63, 3.8) is 0 Å². The lowest BCUT2D eigenvalue weighted by Crippen LogP contribution is -2.30. The van der Waals surface area contributed by atoms with Crippen LogP contribution in [0.1, 0.15) is 13.8 Å². The van der Waals surface area contributed by atoms with Crippen LogP contribution in [-0.4, -0.2) is 34.1 Å². The lowest BCUT2D eigenvalue weighted by Gasteiger charge is -2.21. The number of nitrogens with one attached hydrogen (secondary N) is 2. The number of rotatable bonds is 8. The number of benzene rings is 2. The second-order valence-electron chi connectivity index (χ2n) is 7.35. The molecule has 2 aromatic carbocycles. The molecule has 0 aliphatic carbocycles. The zero-order valence-corrected chi connectivity index (χ0v) is 18.1. The molecule has 0 amide bonds. The first-order valence-electron chi connectivity index (χ1n) is 9.78. The number of anilines is 3. The van der Waals surface area contributed by atoms with E-state index in [-0.39, 0.29) is 30.3 Å². The maximum Gasteiger partial charge on any atom is 0.573 e. The highest BCUT2D eigenvalue weighted by Crippen LogP contribution is 2.29. The summed E-state index contributed by atoms with van der Waals surface area (Å²) in [4.78, 5) is 8.88. The van der Waals surface area contributed by atoms with E-state index in [0.717, 1.165) is 0 Å². The predicted molar refractivity (Wildman–Crippen MR) is 118 cm³/mol. The van der Waals surface area contributed by atoms with Gasteiger partial charge in [0.15, 0.2) is 0 Å². The van der Waals surface area contributed by atoms with Crippen LogP contribution in [0.3, 0.4) is 0 Å². The monoisotopic (exact) mass is 466 g/mol. The van der Waals surface area contributed by atoms with Gasteiger partial charge in [-0.2, -0.15) is 4.98 Å². The Morgan fingerprint density at radius 2 is 1.78 bits per heavy atom. The van der Waals surface area contributed by atoms with Gasteiger partial charge in [-0.25, -0.2) is 4.98 Å². The standard InChI is InChI=1S/C22H22ClF3N4O2/c1-13(2)19(12-31)29-21-28-18(14-4-3-5-17(10-14)32-22(24,25)26)11-20(30-21)27-16-8-6-15(23)7-9-16/h3-11,13,19,31H,12H2,1-2H3,(H2,27,28,29,30)/t19-/m0/s1. The molecule has 6 nitrogen and oxygen atoms in total. The number of nitrogens with zero attached hydrogens (tertiary/aromatic N) is 2. The summed E-state index contributed by atoms with van der Waals surface area (Å²) < 4.78 is 41.9. The fraction of sp³-hybridized carbons (Fsp3) is 0.273. The largest absolute Gasteiger partial charge is 0.573 e. The summed E-state index contributed by atoms with van der Waals surface area (Å²) in [7, 11) is 0. The van der Waals surface area contributed by atoms with Crippen LogP contribution in [0.15, 0.2) is 54.6 Å². The molecule has 32 heavy (non-hydrogen) atoms. The zero-order chi connectivity index (χ0) is 23.3. The van der Waals surface area contributed by atoms with Crippen molar-refractivity contribution in [1.29, 1.82) is 0 Å². The second-order valence-corrected chi connectivity index (χ2v) is 7.78. The minimum absolute atomic E-state index is 0.0865. The van der Waals surface area contributed by atoms with Gasteiger partial charge < -0.3 is 20.5 Å².